The molecule has 204 valence electrons. The Morgan fingerprint density at radius 2 is 2.00 bits per heavy atom. The molecule has 2 saturated heterocycles. The maximum atomic E-state index is 13.5. The van der Waals surface area contributed by atoms with Gasteiger partial charge in [0, 0.05) is 23.0 Å². The van der Waals surface area contributed by atoms with Gasteiger partial charge in [0.25, 0.3) is 11.1 Å². The van der Waals surface area contributed by atoms with Crippen molar-refractivity contribution in [3.8, 4) is 0 Å². The van der Waals surface area contributed by atoms with Crippen LogP contribution in [-0.2, 0) is 22.3 Å². The molecule has 3 heterocycles. The van der Waals surface area contributed by atoms with E-state index in [0.29, 0.717) is 29.4 Å². The van der Waals surface area contributed by atoms with E-state index < -0.39 is 28.9 Å². The number of hydrogen-bond acceptors (Lipinski definition) is 6. The van der Waals surface area contributed by atoms with E-state index in [9.17, 15) is 27.6 Å². The summed E-state index contributed by atoms with van der Waals surface area (Å²) in [4.78, 5) is 39.9. The van der Waals surface area contributed by atoms with Gasteiger partial charge in [-0.15, -0.1) is 0 Å². The van der Waals surface area contributed by atoms with Crippen LogP contribution in [0.1, 0.15) is 29.5 Å². The Labute approximate surface area is 230 Å². The Bertz CT molecular complexity index is 1510. The summed E-state index contributed by atoms with van der Waals surface area (Å²) in [5.41, 5.74) is 0.431. The molecule has 1 atom stereocenters. The van der Waals surface area contributed by atoms with Crippen molar-refractivity contribution in [3.05, 3.63) is 69.2 Å². The molecule has 0 saturated carbocycles. The number of fused-ring (bicyclic) bond motifs is 1. The minimum atomic E-state index is -4.56. The smallest absolute Gasteiger partial charge is 0.416 e. The monoisotopic (exact) mass is 578 g/mol. The first kappa shape index (κ1) is 27.2. The highest BCUT2D eigenvalue weighted by Gasteiger charge is 2.39. The maximum Gasteiger partial charge on any atom is 0.416 e. The van der Waals surface area contributed by atoms with Crippen molar-refractivity contribution in [2.75, 3.05) is 19.6 Å². The number of hydrogen-bond donors (Lipinski definition) is 1. The van der Waals surface area contributed by atoms with Gasteiger partial charge in [-0.05, 0) is 72.6 Å². The number of carboxylic acids is 1. The number of rotatable bonds is 7. The zero-order valence-corrected chi connectivity index (χ0v) is 21.9. The van der Waals surface area contributed by atoms with Crippen molar-refractivity contribution in [1.82, 2.24) is 19.6 Å². The first-order valence-corrected chi connectivity index (χ1v) is 13.2. The van der Waals surface area contributed by atoms with Crippen molar-refractivity contribution in [2.45, 2.75) is 31.6 Å². The number of likely N-dealkylation sites (tertiary alicyclic amines) is 1. The number of carboxylic acid groups (broad SMARTS) is 1. The molecule has 8 nitrogen and oxygen atoms in total. The maximum absolute atomic E-state index is 13.5. The van der Waals surface area contributed by atoms with E-state index in [1.165, 1.54) is 23.0 Å². The number of aromatic nitrogens is 2. The minimum absolute atomic E-state index is 0.00807. The van der Waals surface area contributed by atoms with E-state index >= 15 is 0 Å². The van der Waals surface area contributed by atoms with Crippen LogP contribution in [0.5, 0.6) is 0 Å². The van der Waals surface area contributed by atoms with Crippen LogP contribution in [-0.4, -0.2) is 67.5 Å². The van der Waals surface area contributed by atoms with Gasteiger partial charge in [0.1, 0.15) is 0 Å². The lowest BCUT2D eigenvalue weighted by Gasteiger charge is -2.25. The lowest BCUT2D eigenvalue weighted by molar-refractivity contribution is -0.139. The lowest BCUT2D eigenvalue weighted by Crippen LogP contribution is -2.43. The van der Waals surface area contributed by atoms with Gasteiger partial charge >= 0.3 is 12.1 Å². The third kappa shape index (κ3) is 5.82. The first-order valence-electron chi connectivity index (χ1n) is 12.0. The Morgan fingerprint density at radius 1 is 1.21 bits per heavy atom. The molecule has 1 aromatic heterocycles. The molecule has 2 fully saturated rings. The molecular formula is C26H22ClF3N4O4S. The van der Waals surface area contributed by atoms with Crippen LogP contribution in [0.3, 0.4) is 0 Å². The van der Waals surface area contributed by atoms with Crippen LogP contribution < -0.4 is 0 Å². The molecule has 2 aliphatic heterocycles. The zero-order chi connectivity index (χ0) is 27.9. The van der Waals surface area contributed by atoms with Crippen LogP contribution in [0.2, 0.25) is 5.02 Å². The summed E-state index contributed by atoms with van der Waals surface area (Å²) in [5, 5.41) is 13.6. The van der Waals surface area contributed by atoms with E-state index in [4.69, 9.17) is 16.7 Å². The molecular weight excluding hydrogens is 557 g/mol. The number of amides is 2. The quantitative estimate of drug-likeness (QED) is 0.378. The van der Waals surface area contributed by atoms with Gasteiger partial charge in [0.05, 0.1) is 35.3 Å². The summed E-state index contributed by atoms with van der Waals surface area (Å²) >= 11 is 6.60. The van der Waals surface area contributed by atoms with E-state index in [2.05, 4.69) is 5.10 Å². The van der Waals surface area contributed by atoms with Crippen molar-refractivity contribution < 1.29 is 32.7 Å². The summed E-state index contributed by atoms with van der Waals surface area (Å²) in [6.45, 7) is 0.478. The summed E-state index contributed by atoms with van der Waals surface area (Å²) in [5.74, 6) is -1.39. The molecule has 0 bridgehead atoms. The summed E-state index contributed by atoms with van der Waals surface area (Å²) in [6, 6.07) is 8.56. The topological polar surface area (TPSA) is 95.7 Å². The Hall–Kier alpha value is -3.35. The van der Waals surface area contributed by atoms with Gasteiger partial charge in [-0.1, -0.05) is 23.7 Å². The van der Waals surface area contributed by atoms with Crippen molar-refractivity contribution in [1.29, 1.82) is 0 Å². The number of carbonyl (C=O) groups is 3. The largest absolute Gasteiger partial charge is 0.480 e. The molecule has 1 N–H and O–H groups in total. The second-order valence-corrected chi connectivity index (χ2v) is 10.8. The van der Waals surface area contributed by atoms with Gasteiger partial charge in [-0.25, -0.2) is 0 Å². The highest BCUT2D eigenvalue weighted by Crippen LogP contribution is 2.36. The second kappa shape index (κ2) is 10.7. The van der Waals surface area contributed by atoms with E-state index in [-0.39, 0.29) is 41.2 Å². The Kier molecular flexibility index (Phi) is 7.45. The molecule has 0 unspecified atom stereocenters. The van der Waals surface area contributed by atoms with Gasteiger partial charge in [-0.2, -0.15) is 18.3 Å². The highest BCUT2D eigenvalue weighted by atomic mass is 35.5. The van der Waals surface area contributed by atoms with Crippen LogP contribution in [0.4, 0.5) is 18.0 Å². The second-order valence-electron chi connectivity index (χ2n) is 9.37. The fourth-order valence-corrected chi connectivity index (χ4v) is 5.96. The molecule has 2 aliphatic rings. The number of alkyl halides is 3. The number of nitrogens with zero attached hydrogens (tertiary/aromatic N) is 4. The predicted octanol–water partition coefficient (Wildman–Crippen LogP) is 5.34. The van der Waals surface area contributed by atoms with Crippen LogP contribution in [0.15, 0.2) is 47.5 Å². The van der Waals surface area contributed by atoms with Crippen molar-refractivity contribution in [3.63, 3.8) is 0 Å². The number of imide groups is 1. The van der Waals surface area contributed by atoms with Gasteiger partial charge in [-0.3, -0.25) is 28.9 Å². The van der Waals surface area contributed by atoms with Crippen LogP contribution in [0.25, 0.3) is 17.0 Å². The van der Waals surface area contributed by atoms with Crippen molar-refractivity contribution >= 4 is 57.5 Å². The van der Waals surface area contributed by atoms with Crippen LogP contribution in [0, 0.1) is 0 Å². The zero-order valence-electron chi connectivity index (χ0n) is 20.3. The number of benzene rings is 2. The van der Waals surface area contributed by atoms with E-state index in [1.54, 1.807) is 29.2 Å². The standard InChI is InChI=1S/C26H22ClF3N4O4S/c27-18-5-4-16(20(10-18)26(28,29)30)12-34-21-6-3-15(8-17(21)11-31-34)9-22-24(37)33(25(38)39-22)13-19-2-1-7-32(19)14-23(35)36/h3-6,8-11,19H,1-2,7,12-14H2,(H,35,36)/b22-9-/t19-/m0/s1. The number of thioether (sulfide) groups is 1. The van der Waals surface area contributed by atoms with Gasteiger partial charge < -0.3 is 5.11 Å². The molecule has 13 heteroatoms. The number of aliphatic carboxylic acids is 1. The average molecular weight is 579 g/mol. The number of halogens is 4. The molecule has 0 radical (unpaired) electrons. The molecule has 39 heavy (non-hydrogen) atoms. The molecule has 5 rings (SSSR count). The SMILES string of the molecule is O=C(O)CN1CCC[C@H]1CN1C(=O)S/C(=C\c2ccc3c(cnn3Cc3ccc(Cl)cc3C(F)(F)F)c2)C1=O. The highest BCUT2D eigenvalue weighted by molar-refractivity contribution is 8.18. The molecule has 0 spiro atoms. The van der Waals surface area contributed by atoms with Crippen LogP contribution >= 0.6 is 23.4 Å². The lowest BCUT2D eigenvalue weighted by atomic mass is 10.1. The molecule has 3 aromatic rings. The first-order chi connectivity index (χ1) is 18.5. The summed E-state index contributed by atoms with van der Waals surface area (Å²) in [6.07, 6.45) is 0.0547. The van der Waals surface area contributed by atoms with E-state index in [0.717, 1.165) is 29.1 Å². The normalized spacial score (nSPS) is 19.6. The Balaban J connectivity index is 1.34. The average Bonchev–Trinajstić information content (AvgIpc) is 3.54. The van der Waals surface area contributed by atoms with Gasteiger partial charge in [0.15, 0.2) is 0 Å². The fraction of sp³-hybridized carbons (Fsp3) is 0.308. The summed E-state index contributed by atoms with van der Waals surface area (Å²) < 4.78 is 42.0. The Morgan fingerprint density at radius 3 is 2.74 bits per heavy atom. The molecule has 2 amide bonds. The van der Waals surface area contributed by atoms with Crippen molar-refractivity contribution in [2.24, 2.45) is 0 Å². The molecule has 0 aliphatic carbocycles. The minimum Gasteiger partial charge on any atom is -0.480 e. The van der Waals surface area contributed by atoms with Gasteiger partial charge in [0.2, 0.25) is 0 Å². The summed E-state index contributed by atoms with van der Waals surface area (Å²) in [7, 11) is 0. The third-order valence-corrected chi connectivity index (χ3v) is 7.91. The van der Waals surface area contributed by atoms with E-state index in [1.807, 2.05) is 0 Å². The number of carbonyl (C=O) groups excluding carboxylic acids is 2. The molecule has 2 aromatic carbocycles. The fourth-order valence-electron chi connectivity index (χ4n) is 4.94. The third-order valence-electron chi connectivity index (χ3n) is 6.77. The predicted molar refractivity (Wildman–Crippen MR) is 140 cm³/mol.